The van der Waals surface area contributed by atoms with Crippen molar-refractivity contribution in [2.24, 2.45) is 0 Å². The van der Waals surface area contributed by atoms with Crippen molar-refractivity contribution in [1.82, 2.24) is 25.2 Å². The number of hydrogen-bond acceptors (Lipinski definition) is 7. The van der Waals surface area contributed by atoms with Crippen LogP contribution in [0.1, 0.15) is 20.7 Å². The maximum Gasteiger partial charge on any atom is 0.340 e. The van der Waals surface area contributed by atoms with E-state index in [1.165, 1.54) is 17.1 Å². The van der Waals surface area contributed by atoms with E-state index in [1.807, 2.05) is 54.6 Å². The molecule has 0 radical (unpaired) electrons. The van der Waals surface area contributed by atoms with Crippen LogP contribution in [0.2, 0.25) is 0 Å². The lowest BCUT2D eigenvalue weighted by Crippen LogP contribution is -2.21. The number of Topliss-reactive ketones (excluding diaryl/α,β-unsaturated/α-hetero) is 1. The summed E-state index contributed by atoms with van der Waals surface area (Å²) in [4.78, 5) is 41.8. The first kappa shape index (κ1) is 22.7. The number of aromatic nitrogens is 5. The van der Waals surface area contributed by atoms with Gasteiger partial charge in [-0.05, 0) is 34.2 Å². The van der Waals surface area contributed by atoms with Crippen LogP contribution in [0.4, 0.5) is 5.69 Å². The number of hydrogen-bond donors (Lipinski definition) is 2. The van der Waals surface area contributed by atoms with Gasteiger partial charge in [-0.25, -0.2) is 9.48 Å². The van der Waals surface area contributed by atoms with Crippen LogP contribution in [-0.2, 0) is 16.1 Å². The van der Waals surface area contributed by atoms with Gasteiger partial charge in [-0.2, -0.15) is 0 Å². The lowest BCUT2D eigenvalue weighted by molar-refractivity contribution is -0.116. The summed E-state index contributed by atoms with van der Waals surface area (Å²) in [5, 5.41) is 14.0. The maximum absolute atomic E-state index is 13.3. The molecule has 0 bridgehead atoms. The molecule has 2 heterocycles. The highest BCUT2D eigenvalue weighted by atomic mass is 16.5. The SMILES string of the molecule is O=C(Cn1cnnn1)Nc1ccccc1C(=O)OCC(=O)c1c(-c2ccccc2)[nH]c2ccccc12. The van der Waals surface area contributed by atoms with Crippen molar-refractivity contribution in [3.05, 3.63) is 96.3 Å². The van der Waals surface area contributed by atoms with Crippen LogP contribution in [0.5, 0.6) is 0 Å². The molecule has 3 aromatic carbocycles. The number of nitrogens with zero attached hydrogens (tertiary/aromatic N) is 4. The average molecular weight is 480 g/mol. The number of ketones is 1. The Balaban J connectivity index is 1.34. The molecular formula is C26H20N6O4. The topological polar surface area (TPSA) is 132 Å². The first-order chi connectivity index (χ1) is 17.6. The first-order valence-electron chi connectivity index (χ1n) is 11.1. The Morgan fingerprint density at radius 2 is 1.67 bits per heavy atom. The van der Waals surface area contributed by atoms with E-state index in [-0.39, 0.29) is 23.6 Å². The second-order valence-corrected chi connectivity index (χ2v) is 7.89. The van der Waals surface area contributed by atoms with E-state index in [0.717, 1.165) is 16.5 Å². The number of rotatable bonds is 8. The highest BCUT2D eigenvalue weighted by Crippen LogP contribution is 2.31. The molecule has 178 valence electrons. The van der Waals surface area contributed by atoms with Crippen molar-refractivity contribution in [1.29, 1.82) is 0 Å². The van der Waals surface area contributed by atoms with E-state index < -0.39 is 18.5 Å². The van der Waals surface area contributed by atoms with Gasteiger partial charge in [0.25, 0.3) is 0 Å². The van der Waals surface area contributed by atoms with Crippen molar-refractivity contribution in [3.8, 4) is 11.3 Å². The second kappa shape index (κ2) is 10.0. The molecule has 0 spiro atoms. The standard InChI is InChI=1S/C26H20N6O4/c33-22(24-18-10-4-6-12-20(18)29-25(24)17-8-2-1-3-9-17)15-36-26(35)19-11-5-7-13-21(19)28-23(34)14-32-16-27-30-31-32/h1-13,16,29H,14-15H2,(H,28,34). The van der Waals surface area contributed by atoms with Crippen LogP contribution in [0, 0.1) is 0 Å². The lowest BCUT2D eigenvalue weighted by Gasteiger charge is -2.11. The number of amides is 1. The molecule has 5 rings (SSSR count). The molecule has 5 aromatic rings. The number of aromatic amines is 1. The first-order valence-corrected chi connectivity index (χ1v) is 11.1. The Hall–Kier alpha value is -5.12. The molecule has 0 aliphatic heterocycles. The van der Waals surface area contributed by atoms with Crippen LogP contribution >= 0.6 is 0 Å². The predicted octanol–water partition coefficient (Wildman–Crippen LogP) is 3.50. The molecular weight excluding hydrogens is 460 g/mol. The highest BCUT2D eigenvalue weighted by molar-refractivity contribution is 6.14. The number of carbonyl (C=O) groups is 3. The van der Waals surface area contributed by atoms with Gasteiger partial charge in [-0.15, -0.1) is 5.10 Å². The summed E-state index contributed by atoms with van der Waals surface area (Å²) in [5.74, 6) is -1.51. The van der Waals surface area contributed by atoms with Crippen molar-refractivity contribution >= 4 is 34.3 Å². The smallest absolute Gasteiger partial charge is 0.340 e. The van der Waals surface area contributed by atoms with Crippen LogP contribution < -0.4 is 5.32 Å². The molecule has 10 nitrogen and oxygen atoms in total. The van der Waals surface area contributed by atoms with E-state index in [1.54, 1.807) is 18.2 Å². The molecule has 0 atom stereocenters. The zero-order valence-corrected chi connectivity index (χ0v) is 18.9. The molecule has 0 fully saturated rings. The molecule has 0 aliphatic rings. The van der Waals surface area contributed by atoms with Gasteiger partial charge in [0.15, 0.2) is 6.61 Å². The van der Waals surface area contributed by atoms with Crippen LogP contribution in [-0.4, -0.2) is 49.5 Å². The van der Waals surface area contributed by atoms with Gasteiger partial charge in [0, 0.05) is 10.9 Å². The number of tetrazole rings is 1. The van der Waals surface area contributed by atoms with Crippen molar-refractivity contribution < 1.29 is 19.1 Å². The molecule has 0 saturated carbocycles. The predicted molar refractivity (Wildman–Crippen MR) is 131 cm³/mol. The Morgan fingerprint density at radius 3 is 2.47 bits per heavy atom. The Morgan fingerprint density at radius 1 is 0.917 bits per heavy atom. The van der Waals surface area contributed by atoms with Gasteiger partial charge in [0.2, 0.25) is 11.7 Å². The quantitative estimate of drug-likeness (QED) is 0.257. The average Bonchev–Trinajstić information content (AvgIpc) is 3.55. The highest BCUT2D eigenvalue weighted by Gasteiger charge is 2.22. The zero-order chi connectivity index (χ0) is 24.9. The van der Waals surface area contributed by atoms with E-state index in [0.29, 0.717) is 11.3 Å². The van der Waals surface area contributed by atoms with E-state index in [9.17, 15) is 14.4 Å². The summed E-state index contributed by atoms with van der Waals surface area (Å²) >= 11 is 0. The third-order valence-corrected chi connectivity index (χ3v) is 5.50. The Bertz CT molecular complexity index is 1540. The number of ether oxygens (including phenoxy) is 1. The molecule has 2 N–H and O–H groups in total. The van der Waals surface area contributed by atoms with Crippen molar-refractivity contribution in [3.63, 3.8) is 0 Å². The largest absolute Gasteiger partial charge is 0.454 e. The third-order valence-electron chi connectivity index (χ3n) is 5.50. The summed E-state index contributed by atoms with van der Waals surface area (Å²) < 4.78 is 6.64. The van der Waals surface area contributed by atoms with Gasteiger partial charge >= 0.3 is 5.97 Å². The van der Waals surface area contributed by atoms with Gasteiger partial charge < -0.3 is 15.0 Å². The molecule has 10 heteroatoms. The maximum atomic E-state index is 13.3. The lowest BCUT2D eigenvalue weighted by atomic mass is 10.0. The number of fused-ring (bicyclic) bond motifs is 1. The number of anilines is 1. The van der Waals surface area contributed by atoms with Gasteiger partial charge in [0.05, 0.1) is 22.5 Å². The fraction of sp³-hybridized carbons (Fsp3) is 0.0769. The number of para-hydroxylation sites is 2. The zero-order valence-electron chi connectivity index (χ0n) is 18.9. The summed E-state index contributed by atoms with van der Waals surface area (Å²) in [5.41, 5.74) is 3.14. The normalized spacial score (nSPS) is 10.8. The van der Waals surface area contributed by atoms with Crippen molar-refractivity contribution in [2.75, 3.05) is 11.9 Å². The number of esters is 1. The summed E-state index contributed by atoms with van der Waals surface area (Å²) in [6.07, 6.45) is 1.31. The monoisotopic (exact) mass is 480 g/mol. The molecule has 36 heavy (non-hydrogen) atoms. The Labute approximate surface area is 204 Å². The fourth-order valence-electron chi connectivity index (χ4n) is 3.89. The van der Waals surface area contributed by atoms with Crippen LogP contribution in [0.15, 0.2) is 85.2 Å². The van der Waals surface area contributed by atoms with Crippen LogP contribution in [0.25, 0.3) is 22.2 Å². The summed E-state index contributed by atoms with van der Waals surface area (Å²) in [6, 6.07) is 23.4. The number of H-pyrrole nitrogens is 1. The summed E-state index contributed by atoms with van der Waals surface area (Å²) in [6.45, 7) is -0.592. The van der Waals surface area contributed by atoms with Crippen LogP contribution in [0.3, 0.4) is 0 Å². The van der Waals surface area contributed by atoms with Gasteiger partial charge in [-0.1, -0.05) is 60.7 Å². The van der Waals surface area contributed by atoms with E-state index >= 15 is 0 Å². The third kappa shape index (κ3) is 4.73. The Kier molecular flexibility index (Phi) is 6.31. The minimum absolute atomic E-state index is 0.123. The number of nitrogens with one attached hydrogen (secondary N) is 2. The van der Waals surface area contributed by atoms with E-state index in [4.69, 9.17) is 4.74 Å². The molecule has 0 aliphatic carbocycles. The molecule has 0 saturated heterocycles. The fourth-order valence-corrected chi connectivity index (χ4v) is 3.89. The molecule has 1 amide bonds. The minimum Gasteiger partial charge on any atom is -0.454 e. The number of benzene rings is 3. The molecule has 0 unspecified atom stereocenters. The summed E-state index contributed by atoms with van der Waals surface area (Å²) in [7, 11) is 0. The van der Waals surface area contributed by atoms with E-state index in [2.05, 4.69) is 25.8 Å². The number of carbonyl (C=O) groups excluding carboxylic acids is 3. The molecule has 2 aromatic heterocycles. The minimum atomic E-state index is -0.734. The van der Waals surface area contributed by atoms with Gasteiger partial charge in [-0.3, -0.25) is 9.59 Å². The van der Waals surface area contributed by atoms with Crippen molar-refractivity contribution in [2.45, 2.75) is 6.54 Å². The van der Waals surface area contributed by atoms with Gasteiger partial charge in [0.1, 0.15) is 12.9 Å². The second-order valence-electron chi connectivity index (χ2n) is 7.89.